The van der Waals surface area contributed by atoms with E-state index in [4.69, 9.17) is 0 Å². The van der Waals surface area contributed by atoms with Crippen LogP contribution in [0.15, 0.2) is 66.7 Å². The first-order chi connectivity index (χ1) is 11.3. The van der Waals surface area contributed by atoms with Gasteiger partial charge in [0.1, 0.15) is 0 Å². The van der Waals surface area contributed by atoms with Gasteiger partial charge in [-0.15, -0.1) is 0 Å². The maximum absolute atomic E-state index is 9.78. The first-order valence-corrected chi connectivity index (χ1v) is 8.17. The van der Waals surface area contributed by atoms with Crippen LogP contribution in [0.2, 0.25) is 0 Å². The quantitative estimate of drug-likeness (QED) is 0.779. The van der Waals surface area contributed by atoms with Crippen molar-refractivity contribution in [3.63, 3.8) is 0 Å². The average Bonchev–Trinajstić information content (AvgIpc) is 2.61. The topological polar surface area (TPSA) is 23.5 Å². The summed E-state index contributed by atoms with van der Waals surface area (Å²) in [6.07, 6.45) is 0.910. The number of benzene rings is 3. The fraction of sp³-hybridized carbons (Fsp3) is 0.238. The Morgan fingerprint density at radius 3 is 2.52 bits per heavy atom. The van der Waals surface area contributed by atoms with Gasteiger partial charge in [0.2, 0.25) is 0 Å². The molecule has 0 amide bonds. The summed E-state index contributed by atoms with van der Waals surface area (Å²) in [5.41, 5.74) is 3.99. The van der Waals surface area contributed by atoms with Gasteiger partial charge in [-0.3, -0.25) is 4.90 Å². The van der Waals surface area contributed by atoms with Crippen molar-refractivity contribution < 1.29 is 5.11 Å². The molecule has 0 fully saturated rings. The van der Waals surface area contributed by atoms with E-state index in [2.05, 4.69) is 78.7 Å². The van der Waals surface area contributed by atoms with E-state index >= 15 is 0 Å². The molecule has 1 N–H and O–H groups in total. The maximum atomic E-state index is 9.78. The van der Waals surface area contributed by atoms with Crippen molar-refractivity contribution in [2.24, 2.45) is 0 Å². The molecule has 0 radical (unpaired) electrons. The van der Waals surface area contributed by atoms with Crippen molar-refractivity contribution in [1.29, 1.82) is 0 Å². The normalized spacial score (nSPS) is 21.3. The van der Waals surface area contributed by atoms with Crippen molar-refractivity contribution in [2.75, 3.05) is 13.7 Å². The minimum absolute atomic E-state index is 0.168. The third kappa shape index (κ3) is 2.44. The van der Waals surface area contributed by atoms with Crippen LogP contribution in [0.25, 0.3) is 10.8 Å². The number of rotatable bonds is 2. The lowest BCUT2D eigenvalue weighted by molar-refractivity contribution is 0.112. The van der Waals surface area contributed by atoms with E-state index in [0.29, 0.717) is 0 Å². The molecule has 1 aliphatic heterocycles. The van der Waals surface area contributed by atoms with Crippen LogP contribution in [0, 0.1) is 0 Å². The first-order valence-electron chi connectivity index (χ1n) is 8.17. The zero-order chi connectivity index (χ0) is 15.8. The largest absolute Gasteiger partial charge is 0.395 e. The molecule has 0 bridgehead atoms. The smallest absolute Gasteiger partial charge is 0.0605 e. The number of hydrogen-bond donors (Lipinski definition) is 1. The number of fused-ring (bicyclic) bond motifs is 2. The highest BCUT2D eigenvalue weighted by Gasteiger charge is 2.32. The molecular formula is C21H21NO. The highest BCUT2D eigenvalue weighted by molar-refractivity contribution is 5.83. The highest BCUT2D eigenvalue weighted by Crippen LogP contribution is 2.37. The molecule has 2 heteroatoms. The summed E-state index contributed by atoms with van der Waals surface area (Å²) in [5, 5.41) is 12.3. The third-order valence-corrected chi connectivity index (χ3v) is 5.09. The highest BCUT2D eigenvalue weighted by atomic mass is 16.3. The first kappa shape index (κ1) is 14.4. The van der Waals surface area contributed by atoms with Crippen LogP contribution in [0.4, 0.5) is 0 Å². The fourth-order valence-electron chi connectivity index (χ4n) is 3.80. The molecule has 2 atom stereocenters. The molecule has 1 aliphatic rings. The van der Waals surface area contributed by atoms with Crippen LogP contribution in [-0.4, -0.2) is 29.7 Å². The van der Waals surface area contributed by atoms with Crippen molar-refractivity contribution in [2.45, 2.75) is 18.5 Å². The molecule has 0 aromatic heterocycles. The van der Waals surface area contributed by atoms with E-state index in [0.717, 1.165) is 6.42 Å². The van der Waals surface area contributed by atoms with E-state index < -0.39 is 0 Å². The molecule has 116 valence electrons. The second kappa shape index (κ2) is 5.80. The van der Waals surface area contributed by atoms with Crippen molar-refractivity contribution >= 4 is 10.8 Å². The summed E-state index contributed by atoms with van der Waals surface area (Å²) < 4.78 is 0. The maximum Gasteiger partial charge on any atom is 0.0605 e. The van der Waals surface area contributed by atoms with Crippen molar-refractivity contribution in [3.05, 3.63) is 83.4 Å². The molecular weight excluding hydrogens is 282 g/mol. The zero-order valence-electron chi connectivity index (χ0n) is 13.3. The molecule has 2 nitrogen and oxygen atoms in total. The Morgan fingerprint density at radius 1 is 0.957 bits per heavy atom. The average molecular weight is 303 g/mol. The van der Waals surface area contributed by atoms with Gasteiger partial charge in [0.15, 0.2) is 0 Å². The Bertz CT molecular complexity index is 842. The fourth-order valence-corrected chi connectivity index (χ4v) is 3.80. The monoisotopic (exact) mass is 303 g/mol. The van der Waals surface area contributed by atoms with Crippen LogP contribution >= 0.6 is 0 Å². The SMILES string of the molecule is CN1[C@H](CO)Cc2ccccc2[C@H]1c1ccc2ccccc2c1. The number of aliphatic hydroxyl groups is 1. The molecule has 0 spiro atoms. The summed E-state index contributed by atoms with van der Waals surface area (Å²) in [7, 11) is 2.12. The Labute approximate surface area is 137 Å². The Kier molecular flexibility index (Phi) is 3.64. The van der Waals surface area contributed by atoms with E-state index in [1.54, 1.807) is 0 Å². The molecule has 1 heterocycles. The molecule has 4 rings (SSSR count). The minimum atomic E-state index is 0.168. The second-order valence-corrected chi connectivity index (χ2v) is 6.41. The van der Waals surface area contributed by atoms with Crippen LogP contribution in [0.1, 0.15) is 22.7 Å². The Morgan fingerprint density at radius 2 is 1.70 bits per heavy atom. The van der Waals surface area contributed by atoms with Crippen LogP contribution in [0.5, 0.6) is 0 Å². The molecule has 3 aromatic carbocycles. The Hall–Kier alpha value is -2.16. The minimum Gasteiger partial charge on any atom is -0.395 e. The number of aliphatic hydroxyl groups excluding tert-OH is 1. The standard InChI is InChI=1S/C21H21NO/c1-22-19(14-23)13-17-8-4-5-9-20(17)21(22)18-11-10-15-6-2-3-7-16(15)12-18/h2-12,19,21,23H,13-14H2,1H3/t19-,21+/m0/s1. The zero-order valence-corrected chi connectivity index (χ0v) is 13.3. The lowest BCUT2D eigenvalue weighted by Gasteiger charge is -2.40. The van der Waals surface area contributed by atoms with Gasteiger partial charge < -0.3 is 5.11 Å². The van der Waals surface area contributed by atoms with Crippen molar-refractivity contribution in [3.8, 4) is 0 Å². The van der Waals surface area contributed by atoms with Gasteiger partial charge in [0.25, 0.3) is 0 Å². The van der Waals surface area contributed by atoms with Gasteiger partial charge in [-0.25, -0.2) is 0 Å². The van der Waals surface area contributed by atoms with E-state index in [1.165, 1.54) is 27.5 Å². The van der Waals surface area contributed by atoms with Gasteiger partial charge in [0.05, 0.1) is 12.6 Å². The summed E-state index contributed by atoms with van der Waals surface area (Å²) >= 11 is 0. The predicted molar refractivity (Wildman–Crippen MR) is 94.6 cm³/mol. The molecule has 23 heavy (non-hydrogen) atoms. The third-order valence-electron chi connectivity index (χ3n) is 5.09. The van der Waals surface area contributed by atoms with E-state index in [1.807, 2.05) is 0 Å². The number of hydrogen-bond acceptors (Lipinski definition) is 2. The second-order valence-electron chi connectivity index (χ2n) is 6.41. The van der Waals surface area contributed by atoms with Crippen molar-refractivity contribution in [1.82, 2.24) is 4.90 Å². The molecule has 0 aliphatic carbocycles. The molecule has 0 saturated carbocycles. The van der Waals surface area contributed by atoms with E-state index in [-0.39, 0.29) is 18.7 Å². The summed E-state index contributed by atoms with van der Waals surface area (Å²) in [5.74, 6) is 0. The predicted octanol–water partition coefficient (Wildman–Crippen LogP) is 3.78. The van der Waals surface area contributed by atoms with Gasteiger partial charge in [-0.05, 0) is 47.0 Å². The molecule has 3 aromatic rings. The van der Waals surface area contributed by atoms with Gasteiger partial charge >= 0.3 is 0 Å². The lowest BCUT2D eigenvalue weighted by atomic mass is 9.85. The van der Waals surface area contributed by atoms with Gasteiger partial charge in [-0.2, -0.15) is 0 Å². The number of nitrogens with zero attached hydrogens (tertiary/aromatic N) is 1. The number of likely N-dealkylation sites (N-methyl/N-ethyl adjacent to an activating group) is 1. The Balaban J connectivity index is 1.87. The molecule has 0 unspecified atom stereocenters. The summed E-state index contributed by atoms with van der Waals surface area (Å²) in [6.45, 7) is 0.189. The summed E-state index contributed by atoms with van der Waals surface area (Å²) in [6, 6.07) is 24.2. The van der Waals surface area contributed by atoms with Gasteiger partial charge in [0, 0.05) is 6.04 Å². The lowest BCUT2D eigenvalue weighted by Crippen LogP contribution is -2.43. The molecule has 0 saturated heterocycles. The van der Waals surface area contributed by atoms with Gasteiger partial charge in [-0.1, -0.05) is 60.7 Å². The van der Waals surface area contributed by atoms with Crippen LogP contribution in [-0.2, 0) is 6.42 Å². The van der Waals surface area contributed by atoms with Crippen LogP contribution in [0.3, 0.4) is 0 Å². The summed E-state index contributed by atoms with van der Waals surface area (Å²) in [4.78, 5) is 2.31. The van der Waals surface area contributed by atoms with E-state index in [9.17, 15) is 5.11 Å². The van der Waals surface area contributed by atoms with Crippen LogP contribution < -0.4 is 0 Å².